The molecular formula is C30H44N4O7. The summed E-state index contributed by atoms with van der Waals surface area (Å²) < 4.78 is 17.7. The monoisotopic (exact) mass is 572 g/mol. The van der Waals surface area contributed by atoms with E-state index in [1.54, 1.807) is 24.3 Å². The van der Waals surface area contributed by atoms with Crippen LogP contribution in [0, 0.1) is 11.8 Å². The van der Waals surface area contributed by atoms with E-state index in [0.29, 0.717) is 70.0 Å². The molecule has 11 heteroatoms. The number of hydrogen-bond donors (Lipinski definition) is 3. The van der Waals surface area contributed by atoms with Crippen LogP contribution in [-0.2, 0) is 23.9 Å². The van der Waals surface area contributed by atoms with Crippen LogP contribution in [0.2, 0.25) is 0 Å². The molecule has 4 aliphatic heterocycles. The first-order valence-corrected chi connectivity index (χ1v) is 15.1. The Balaban J connectivity index is 1.41. The lowest BCUT2D eigenvalue weighted by Gasteiger charge is -2.37. The van der Waals surface area contributed by atoms with E-state index in [1.165, 1.54) is 4.90 Å². The molecule has 0 radical (unpaired) electrons. The van der Waals surface area contributed by atoms with Crippen molar-refractivity contribution in [1.29, 1.82) is 0 Å². The summed E-state index contributed by atoms with van der Waals surface area (Å²) >= 11 is 0. The molecule has 3 amide bonds. The smallest absolute Gasteiger partial charge is 0.245 e. The molecule has 4 saturated heterocycles. The maximum atomic E-state index is 14.2. The van der Waals surface area contributed by atoms with Gasteiger partial charge in [-0.3, -0.25) is 19.3 Å². The molecule has 2 bridgehead atoms. The maximum absolute atomic E-state index is 14.2. The van der Waals surface area contributed by atoms with E-state index in [9.17, 15) is 19.5 Å². The van der Waals surface area contributed by atoms with Gasteiger partial charge in [0.2, 0.25) is 17.7 Å². The second kappa shape index (κ2) is 12.2. The molecule has 6 atom stereocenters. The van der Waals surface area contributed by atoms with Crippen molar-refractivity contribution in [2.75, 3.05) is 57.9 Å². The van der Waals surface area contributed by atoms with Gasteiger partial charge in [-0.2, -0.15) is 0 Å². The van der Waals surface area contributed by atoms with Gasteiger partial charge in [-0.05, 0) is 56.9 Å². The number of nitrogens with zero attached hydrogens (tertiary/aromatic N) is 2. The third kappa shape index (κ3) is 5.22. The summed E-state index contributed by atoms with van der Waals surface area (Å²) in [6.45, 7) is 10.1. The van der Waals surface area contributed by atoms with Gasteiger partial charge in [0.25, 0.3) is 0 Å². The van der Waals surface area contributed by atoms with Crippen LogP contribution in [0.4, 0.5) is 5.69 Å². The van der Waals surface area contributed by atoms with Gasteiger partial charge in [0.15, 0.2) is 0 Å². The Hall–Kier alpha value is -2.73. The lowest BCUT2D eigenvalue weighted by Crippen LogP contribution is -2.58. The highest BCUT2D eigenvalue weighted by molar-refractivity contribution is 6.02. The number of hydrogen-bond acceptors (Lipinski definition) is 8. The Morgan fingerprint density at radius 1 is 1.12 bits per heavy atom. The van der Waals surface area contributed by atoms with Crippen molar-refractivity contribution < 1.29 is 33.7 Å². The molecule has 0 aromatic heterocycles. The van der Waals surface area contributed by atoms with Gasteiger partial charge in [0, 0.05) is 31.9 Å². The number of ether oxygens (including phenoxy) is 3. The van der Waals surface area contributed by atoms with Crippen molar-refractivity contribution in [3.05, 3.63) is 24.3 Å². The van der Waals surface area contributed by atoms with Crippen molar-refractivity contribution in [3.8, 4) is 5.75 Å². The first-order chi connectivity index (χ1) is 19.8. The molecule has 2 unspecified atom stereocenters. The zero-order chi connectivity index (χ0) is 29.2. The molecular weight excluding hydrogens is 528 g/mol. The summed E-state index contributed by atoms with van der Waals surface area (Å²) in [4.78, 5) is 45.9. The molecule has 1 spiro atoms. The Morgan fingerprint density at radius 3 is 2.49 bits per heavy atom. The molecule has 4 fully saturated rings. The van der Waals surface area contributed by atoms with Crippen molar-refractivity contribution >= 4 is 23.4 Å². The molecule has 4 heterocycles. The van der Waals surface area contributed by atoms with Crippen molar-refractivity contribution in [2.45, 2.75) is 69.7 Å². The van der Waals surface area contributed by atoms with E-state index >= 15 is 0 Å². The highest BCUT2D eigenvalue weighted by atomic mass is 16.5. The predicted octanol–water partition coefficient (Wildman–Crippen LogP) is 1.40. The SMILES string of the molecule is CCOc1ccc(NC(=O)[C@H]2[C@H]3C(=O)N([C@@H](CC)CO)C(C(=O)NCCN4CCOCC4)C34CC[C@]2(CC)O4)cc1. The Kier molecular flexibility index (Phi) is 8.89. The number of carbonyl (C=O) groups is 3. The second-order valence-electron chi connectivity index (χ2n) is 11.5. The van der Waals surface area contributed by atoms with Gasteiger partial charge in [0.05, 0.1) is 49.9 Å². The number of aliphatic hydroxyl groups excluding tert-OH is 1. The van der Waals surface area contributed by atoms with E-state index in [2.05, 4.69) is 15.5 Å². The van der Waals surface area contributed by atoms with Gasteiger partial charge in [0.1, 0.15) is 17.4 Å². The molecule has 3 N–H and O–H groups in total. The number of nitrogens with one attached hydrogen (secondary N) is 2. The fourth-order valence-electron chi connectivity index (χ4n) is 7.44. The summed E-state index contributed by atoms with van der Waals surface area (Å²) in [5.74, 6) is -1.74. The molecule has 226 valence electrons. The van der Waals surface area contributed by atoms with Crippen LogP contribution in [0.15, 0.2) is 24.3 Å². The minimum absolute atomic E-state index is 0.273. The fourth-order valence-corrected chi connectivity index (χ4v) is 7.44. The van der Waals surface area contributed by atoms with E-state index in [4.69, 9.17) is 14.2 Å². The number of rotatable bonds is 12. The number of amides is 3. The number of anilines is 1. The third-order valence-electron chi connectivity index (χ3n) is 9.49. The van der Waals surface area contributed by atoms with Crippen molar-refractivity contribution in [3.63, 3.8) is 0 Å². The summed E-state index contributed by atoms with van der Waals surface area (Å²) in [6.07, 6.45) is 2.10. The zero-order valence-electron chi connectivity index (χ0n) is 24.4. The quantitative estimate of drug-likeness (QED) is 0.343. The maximum Gasteiger partial charge on any atom is 0.245 e. The van der Waals surface area contributed by atoms with Crippen LogP contribution in [-0.4, -0.2) is 109 Å². The van der Waals surface area contributed by atoms with Crippen LogP contribution < -0.4 is 15.4 Å². The van der Waals surface area contributed by atoms with Gasteiger partial charge in [-0.25, -0.2) is 0 Å². The minimum atomic E-state index is -1.13. The first kappa shape index (κ1) is 29.8. The largest absolute Gasteiger partial charge is 0.494 e. The molecule has 41 heavy (non-hydrogen) atoms. The molecule has 0 saturated carbocycles. The second-order valence-corrected chi connectivity index (χ2v) is 11.5. The Morgan fingerprint density at radius 2 is 1.85 bits per heavy atom. The van der Waals surface area contributed by atoms with Crippen LogP contribution in [0.5, 0.6) is 5.75 Å². The van der Waals surface area contributed by atoms with E-state index in [1.807, 2.05) is 20.8 Å². The number of aliphatic hydroxyl groups is 1. The summed E-state index contributed by atoms with van der Waals surface area (Å²) in [5.41, 5.74) is -1.36. The minimum Gasteiger partial charge on any atom is -0.494 e. The first-order valence-electron chi connectivity index (χ1n) is 15.1. The molecule has 1 aromatic carbocycles. The predicted molar refractivity (Wildman–Crippen MR) is 151 cm³/mol. The molecule has 4 aliphatic rings. The normalized spacial score (nSPS) is 31.7. The highest BCUT2D eigenvalue weighted by Gasteiger charge is 2.79. The lowest BCUT2D eigenvalue weighted by atomic mass is 9.65. The summed E-state index contributed by atoms with van der Waals surface area (Å²) in [7, 11) is 0. The van der Waals surface area contributed by atoms with Crippen molar-refractivity contribution in [2.24, 2.45) is 11.8 Å². The van der Waals surface area contributed by atoms with Gasteiger partial charge >= 0.3 is 0 Å². The number of morpholine rings is 1. The fraction of sp³-hybridized carbons (Fsp3) is 0.700. The van der Waals surface area contributed by atoms with Crippen LogP contribution >= 0.6 is 0 Å². The Labute approximate surface area is 241 Å². The molecule has 1 aromatic rings. The lowest BCUT2D eigenvalue weighted by molar-refractivity contribution is -0.150. The number of benzene rings is 1. The molecule has 5 rings (SSSR count). The van der Waals surface area contributed by atoms with E-state index in [0.717, 1.165) is 13.1 Å². The average Bonchev–Trinajstić information content (AvgIpc) is 3.59. The third-order valence-corrected chi connectivity index (χ3v) is 9.49. The number of carbonyl (C=O) groups excluding carboxylic acids is 3. The van der Waals surface area contributed by atoms with E-state index in [-0.39, 0.29) is 24.3 Å². The summed E-state index contributed by atoms with van der Waals surface area (Å²) in [6, 6.07) is 5.67. The van der Waals surface area contributed by atoms with Gasteiger partial charge in [-0.1, -0.05) is 13.8 Å². The highest BCUT2D eigenvalue weighted by Crippen LogP contribution is 2.64. The standard InChI is InChI=1S/C30H44N4O7/c1-4-21(19-35)34-25(27(37)31-13-14-33-15-17-39-18-16-33)30-12-11-29(5-2,41-30)23(24(30)28(34)38)26(36)32-20-7-9-22(10-8-20)40-6-3/h7-10,21,23-25,35H,4-6,11-19H2,1-3H3,(H,31,37)(H,32,36)/t21-,23+,24-,25?,29-,30?/m0/s1. The van der Waals surface area contributed by atoms with E-state index < -0.39 is 35.1 Å². The average molecular weight is 573 g/mol. The number of likely N-dealkylation sites (tertiary alicyclic amines) is 1. The van der Waals surface area contributed by atoms with Gasteiger partial charge < -0.3 is 34.9 Å². The van der Waals surface area contributed by atoms with Crippen LogP contribution in [0.3, 0.4) is 0 Å². The van der Waals surface area contributed by atoms with Crippen molar-refractivity contribution in [1.82, 2.24) is 15.1 Å². The molecule has 0 aliphatic carbocycles. The summed E-state index contributed by atoms with van der Waals surface area (Å²) in [5, 5.41) is 16.3. The van der Waals surface area contributed by atoms with Crippen LogP contribution in [0.1, 0.15) is 46.5 Å². The van der Waals surface area contributed by atoms with Crippen LogP contribution in [0.25, 0.3) is 0 Å². The zero-order valence-corrected chi connectivity index (χ0v) is 24.4. The van der Waals surface area contributed by atoms with Gasteiger partial charge in [-0.15, -0.1) is 0 Å². The Bertz CT molecular complexity index is 1110. The topological polar surface area (TPSA) is 130 Å². The molecule has 11 nitrogen and oxygen atoms in total. The number of fused-ring (bicyclic) bond motifs is 1.